The first kappa shape index (κ1) is 15.6. The molecule has 2 N–H and O–H groups in total. The molecule has 1 fully saturated rings. The first-order valence-corrected chi connectivity index (χ1v) is 7.79. The molecule has 1 aliphatic carbocycles. The van der Waals surface area contributed by atoms with Gasteiger partial charge in [0.25, 0.3) is 0 Å². The molecule has 1 heterocycles. The number of rotatable bonds is 4. The third-order valence-corrected chi connectivity index (χ3v) is 4.17. The number of aromatic nitrogens is 1. The SMILES string of the molecule is CCOC(=O)c1ccnc(N(C)C2CCCCCC2)c1N. The molecule has 0 spiro atoms. The monoisotopic (exact) mass is 291 g/mol. The van der Waals surface area contributed by atoms with E-state index in [-0.39, 0.29) is 5.97 Å². The first-order chi connectivity index (χ1) is 10.1. The molecule has 0 aromatic carbocycles. The number of nitrogens with two attached hydrogens (primary N) is 1. The van der Waals surface area contributed by atoms with Crippen molar-refractivity contribution in [3.05, 3.63) is 17.8 Å². The van der Waals surface area contributed by atoms with Crippen LogP contribution in [0.5, 0.6) is 0 Å². The zero-order valence-electron chi connectivity index (χ0n) is 13.0. The number of pyridine rings is 1. The highest BCUT2D eigenvalue weighted by atomic mass is 16.5. The Morgan fingerprint density at radius 1 is 1.38 bits per heavy atom. The largest absolute Gasteiger partial charge is 0.462 e. The van der Waals surface area contributed by atoms with Crippen molar-refractivity contribution in [1.82, 2.24) is 4.98 Å². The molecule has 1 aromatic heterocycles. The average Bonchev–Trinajstić information content (AvgIpc) is 2.76. The normalized spacial score (nSPS) is 16.3. The lowest BCUT2D eigenvalue weighted by Gasteiger charge is -2.29. The fourth-order valence-electron chi connectivity index (χ4n) is 2.95. The molecule has 0 unspecified atom stereocenters. The van der Waals surface area contributed by atoms with Crippen molar-refractivity contribution < 1.29 is 9.53 Å². The van der Waals surface area contributed by atoms with Gasteiger partial charge in [-0.2, -0.15) is 0 Å². The molecule has 5 heteroatoms. The molecule has 0 amide bonds. The standard InChI is InChI=1S/C16H25N3O2/c1-3-21-16(20)13-10-11-18-15(14(13)17)19(2)12-8-6-4-5-7-9-12/h10-12H,3-9,17H2,1-2H3. The summed E-state index contributed by atoms with van der Waals surface area (Å²) in [6, 6.07) is 2.07. The van der Waals surface area contributed by atoms with Gasteiger partial charge in [0, 0.05) is 19.3 Å². The Bertz CT molecular complexity index is 482. The van der Waals surface area contributed by atoms with Crippen LogP contribution in [-0.4, -0.2) is 30.6 Å². The van der Waals surface area contributed by atoms with Gasteiger partial charge in [0.2, 0.25) is 0 Å². The summed E-state index contributed by atoms with van der Waals surface area (Å²) in [4.78, 5) is 18.4. The average molecular weight is 291 g/mol. The second kappa shape index (κ2) is 7.29. The number of hydrogen-bond donors (Lipinski definition) is 1. The Balaban J connectivity index is 2.22. The van der Waals surface area contributed by atoms with Crippen molar-refractivity contribution in [2.24, 2.45) is 0 Å². The summed E-state index contributed by atoms with van der Waals surface area (Å²) in [5, 5.41) is 0. The molecule has 2 rings (SSSR count). The van der Waals surface area contributed by atoms with E-state index in [0.717, 1.165) is 12.8 Å². The summed E-state index contributed by atoms with van der Waals surface area (Å²) in [7, 11) is 2.02. The minimum Gasteiger partial charge on any atom is -0.462 e. The molecule has 21 heavy (non-hydrogen) atoms. The van der Waals surface area contributed by atoms with Crippen molar-refractivity contribution >= 4 is 17.5 Å². The van der Waals surface area contributed by atoms with E-state index in [1.54, 1.807) is 19.2 Å². The van der Waals surface area contributed by atoms with Crippen LogP contribution in [0.15, 0.2) is 12.3 Å². The topological polar surface area (TPSA) is 68.5 Å². The van der Waals surface area contributed by atoms with E-state index in [1.165, 1.54) is 25.7 Å². The highest BCUT2D eigenvalue weighted by Gasteiger charge is 2.22. The van der Waals surface area contributed by atoms with Crippen LogP contribution in [0, 0.1) is 0 Å². The van der Waals surface area contributed by atoms with Crippen LogP contribution in [0.1, 0.15) is 55.8 Å². The van der Waals surface area contributed by atoms with E-state index in [9.17, 15) is 4.79 Å². The second-order valence-electron chi connectivity index (χ2n) is 5.57. The Morgan fingerprint density at radius 2 is 2.05 bits per heavy atom. The molecule has 0 bridgehead atoms. The third-order valence-electron chi connectivity index (χ3n) is 4.17. The molecule has 1 saturated carbocycles. The van der Waals surface area contributed by atoms with Gasteiger partial charge < -0.3 is 15.4 Å². The number of anilines is 2. The van der Waals surface area contributed by atoms with Gasteiger partial charge in [-0.15, -0.1) is 0 Å². The fraction of sp³-hybridized carbons (Fsp3) is 0.625. The van der Waals surface area contributed by atoms with E-state index in [0.29, 0.717) is 29.7 Å². The molecule has 0 aliphatic heterocycles. The van der Waals surface area contributed by atoms with E-state index in [2.05, 4.69) is 9.88 Å². The summed E-state index contributed by atoms with van der Waals surface area (Å²) >= 11 is 0. The molecular weight excluding hydrogens is 266 g/mol. The van der Waals surface area contributed by atoms with Crippen molar-refractivity contribution in [3.8, 4) is 0 Å². The Hall–Kier alpha value is -1.78. The maximum atomic E-state index is 11.9. The van der Waals surface area contributed by atoms with Gasteiger partial charge in [-0.1, -0.05) is 25.7 Å². The van der Waals surface area contributed by atoms with Gasteiger partial charge in [-0.05, 0) is 25.8 Å². The van der Waals surface area contributed by atoms with Crippen LogP contribution in [0.25, 0.3) is 0 Å². The fourth-order valence-corrected chi connectivity index (χ4v) is 2.95. The highest BCUT2D eigenvalue weighted by molar-refractivity contribution is 5.97. The Kier molecular flexibility index (Phi) is 5.42. The van der Waals surface area contributed by atoms with E-state index < -0.39 is 0 Å². The number of ether oxygens (including phenoxy) is 1. The number of hydrogen-bond acceptors (Lipinski definition) is 5. The van der Waals surface area contributed by atoms with Crippen LogP contribution in [0.4, 0.5) is 11.5 Å². The number of nitrogens with zero attached hydrogens (tertiary/aromatic N) is 2. The van der Waals surface area contributed by atoms with Gasteiger partial charge in [0.1, 0.15) is 0 Å². The lowest BCUT2D eigenvalue weighted by molar-refractivity contribution is 0.0527. The summed E-state index contributed by atoms with van der Waals surface area (Å²) in [6.07, 6.45) is 9.03. The molecule has 5 nitrogen and oxygen atoms in total. The maximum absolute atomic E-state index is 11.9. The molecule has 0 atom stereocenters. The van der Waals surface area contributed by atoms with Gasteiger partial charge in [-0.3, -0.25) is 0 Å². The van der Waals surface area contributed by atoms with Crippen molar-refractivity contribution in [2.45, 2.75) is 51.5 Å². The predicted octanol–water partition coefficient (Wildman–Crippen LogP) is 3.00. The van der Waals surface area contributed by atoms with Crippen LogP contribution in [0.3, 0.4) is 0 Å². The van der Waals surface area contributed by atoms with Gasteiger partial charge in [0.15, 0.2) is 5.82 Å². The van der Waals surface area contributed by atoms with Gasteiger partial charge in [-0.25, -0.2) is 9.78 Å². The number of esters is 1. The predicted molar refractivity (Wildman–Crippen MR) is 84.5 cm³/mol. The van der Waals surface area contributed by atoms with E-state index in [4.69, 9.17) is 10.5 Å². The van der Waals surface area contributed by atoms with Crippen LogP contribution < -0.4 is 10.6 Å². The van der Waals surface area contributed by atoms with Crippen molar-refractivity contribution in [3.63, 3.8) is 0 Å². The van der Waals surface area contributed by atoms with Crippen molar-refractivity contribution in [2.75, 3.05) is 24.3 Å². The summed E-state index contributed by atoms with van der Waals surface area (Å²) in [5.74, 6) is 0.306. The molecule has 0 saturated heterocycles. The first-order valence-electron chi connectivity index (χ1n) is 7.79. The van der Waals surface area contributed by atoms with Gasteiger partial charge in [0.05, 0.1) is 17.9 Å². The quantitative estimate of drug-likeness (QED) is 0.682. The minimum atomic E-state index is -0.382. The smallest absolute Gasteiger partial charge is 0.340 e. The second-order valence-corrected chi connectivity index (χ2v) is 5.57. The Morgan fingerprint density at radius 3 is 2.67 bits per heavy atom. The number of carbonyl (C=O) groups is 1. The van der Waals surface area contributed by atoms with Crippen molar-refractivity contribution in [1.29, 1.82) is 0 Å². The molecule has 1 aromatic rings. The van der Waals surface area contributed by atoms with E-state index >= 15 is 0 Å². The van der Waals surface area contributed by atoms with Gasteiger partial charge >= 0.3 is 5.97 Å². The highest BCUT2D eigenvalue weighted by Crippen LogP contribution is 2.29. The maximum Gasteiger partial charge on any atom is 0.340 e. The minimum absolute atomic E-state index is 0.342. The lowest BCUT2D eigenvalue weighted by atomic mass is 10.1. The molecular formula is C16H25N3O2. The Labute approximate surface area is 126 Å². The number of nitrogen functional groups attached to an aromatic ring is 1. The zero-order chi connectivity index (χ0) is 15.2. The summed E-state index contributed by atoms with van der Waals surface area (Å²) < 4.78 is 5.04. The lowest BCUT2D eigenvalue weighted by Crippen LogP contribution is -2.32. The molecule has 0 radical (unpaired) electrons. The van der Waals surface area contributed by atoms with E-state index in [1.807, 2.05) is 7.05 Å². The number of carbonyl (C=O) groups excluding carboxylic acids is 1. The van der Waals surface area contributed by atoms with Crippen LogP contribution in [-0.2, 0) is 4.74 Å². The zero-order valence-corrected chi connectivity index (χ0v) is 13.0. The molecule has 1 aliphatic rings. The molecule has 116 valence electrons. The summed E-state index contributed by atoms with van der Waals surface area (Å²) in [5.41, 5.74) is 6.98. The third kappa shape index (κ3) is 3.65. The van der Waals surface area contributed by atoms with Crippen LogP contribution >= 0.6 is 0 Å². The summed E-state index contributed by atoms with van der Waals surface area (Å²) in [6.45, 7) is 2.13. The van der Waals surface area contributed by atoms with Crippen LogP contribution in [0.2, 0.25) is 0 Å².